The van der Waals surface area contributed by atoms with Crippen LogP contribution in [0.3, 0.4) is 0 Å². The van der Waals surface area contributed by atoms with E-state index in [4.69, 9.17) is 10.8 Å². The number of ketones is 1. The Morgan fingerprint density at radius 2 is 2.09 bits per heavy atom. The van der Waals surface area contributed by atoms with Gasteiger partial charge < -0.3 is 10.8 Å². The minimum atomic E-state index is -1.35. The van der Waals surface area contributed by atoms with Crippen LogP contribution in [-0.2, 0) is 9.59 Å². The zero-order valence-electron chi connectivity index (χ0n) is 6.54. The first-order valence-corrected chi connectivity index (χ1v) is 3.55. The van der Waals surface area contributed by atoms with Crippen molar-refractivity contribution in [3.8, 4) is 0 Å². The van der Waals surface area contributed by atoms with Crippen LogP contribution >= 0.6 is 0 Å². The van der Waals surface area contributed by atoms with Crippen molar-refractivity contribution in [2.75, 3.05) is 0 Å². The molecule has 11 heavy (non-hydrogen) atoms. The summed E-state index contributed by atoms with van der Waals surface area (Å²) in [6, 6.07) is 0.0385. The molecule has 3 N–H and O–H groups in total. The number of aliphatic carboxylic acids is 1. The number of hydrogen-bond acceptors (Lipinski definition) is 3. The zero-order valence-corrected chi connectivity index (χ0v) is 6.54. The molecule has 64 valence electrons. The normalized spacial score (nSPS) is 12.5. The maximum Gasteiger partial charge on any atom is 0.372 e. The summed E-state index contributed by atoms with van der Waals surface area (Å²) >= 11 is 0. The highest BCUT2D eigenvalue weighted by Gasteiger charge is 2.10. The zero-order chi connectivity index (χ0) is 8.85. The molecule has 1 atom stereocenters. The van der Waals surface area contributed by atoms with Crippen LogP contribution in [0, 0.1) is 0 Å². The number of carboxylic acid groups (broad SMARTS) is 1. The minimum Gasteiger partial charge on any atom is -0.476 e. The fourth-order valence-corrected chi connectivity index (χ4v) is 0.692. The molecular weight excluding hydrogens is 146 g/mol. The van der Waals surface area contributed by atoms with Crippen molar-refractivity contribution in [2.45, 2.75) is 32.2 Å². The van der Waals surface area contributed by atoms with E-state index in [-0.39, 0.29) is 12.5 Å². The maximum absolute atomic E-state index is 10.5. The number of nitrogens with two attached hydrogens (primary N) is 1. The predicted molar refractivity (Wildman–Crippen MR) is 40.1 cm³/mol. The maximum atomic E-state index is 10.5. The van der Waals surface area contributed by atoms with E-state index in [0.29, 0.717) is 12.8 Å². The number of carboxylic acids is 1. The van der Waals surface area contributed by atoms with E-state index in [0.717, 1.165) is 0 Å². The van der Waals surface area contributed by atoms with Gasteiger partial charge in [0.25, 0.3) is 0 Å². The molecule has 4 heteroatoms. The van der Waals surface area contributed by atoms with E-state index >= 15 is 0 Å². The van der Waals surface area contributed by atoms with Gasteiger partial charge in [0.2, 0.25) is 5.78 Å². The first kappa shape index (κ1) is 10.1. The van der Waals surface area contributed by atoms with Crippen LogP contribution in [0.4, 0.5) is 0 Å². The molecule has 4 nitrogen and oxygen atoms in total. The van der Waals surface area contributed by atoms with Crippen LogP contribution in [-0.4, -0.2) is 22.9 Å². The number of hydrogen-bond donors (Lipinski definition) is 2. The SMILES string of the molecule is CC(N)CCCC(=O)C(=O)O. The highest BCUT2D eigenvalue weighted by Crippen LogP contribution is 1.98. The van der Waals surface area contributed by atoms with Crippen molar-refractivity contribution >= 4 is 11.8 Å². The van der Waals surface area contributed by atoms with E-state index in [2.05, 4.69) is 0 Å². The van der Waals surface area contributed by atoms with E-state index in [1.54, 1.807) is 0 Å². The second-order valence-corrected chi connectivity index (χ2v) is 2.60. The summed E-state index contributed by atoms with van der Waals surface area (Å²) in [6.07, 6.45) is 1.35. The quantitative estimate of drug-likeness (QED) is 0.560. The lowest BCUT2D eigenvalue weighted by Gasteiger charge is -2.01. The van der Waals surface area contributed by atoms with Gasteiger partial charge in [0.05, 0.1) is 0 Å². The van der Waals surface area contributed by atoms with Crippen LogP contribution in [0.5, 0.6) is 0 Å². The monoisotopic (exact) mass is 159 g/mol. The van der Waals surface area contributed by atoms with Crippen molar-refractivity contribution in [3.63, 3.8) is 0 Å². The van der Waals surface area contributed by atoms with Crippen LogP contribution < -0.4 is 5.73 Å². The Labute approximate surface area is 65.4 Å². The Morgan fingerprint density at radius 3 is 2.45 bits per heavy atom. The first-order valence-electron chi connectivity index (χ1n) is 3.55. The largest absolute Gasteiger partial charge is 0.476 e. The highest BCUT2D eigenvalue weighted by molar-refractivity contribution is 6.32. The summed E-state index contributed by atoms with van der Waals surface area (Å²) in [5, 5.41) is 8.17. The Morgan fingerprint density at radius 1 is 1.55 bits per heavy atom. The third-order valence-corrected chi connectivity index (χ3v) is 1.30. The molecule has 0 saturated carbocycles. The number of carbonyl (C=O) groups is 2. The van der Waals surface area contributed by atoms with Crippen LogP contribution in [0.25, 0.3) is 0 Å². The summed E-state index contributed by atoms with van der Waals surface area (Å²) < 4.78 is 0. The van der Waals surface area contributed by atoms with Gasteiger partial charge in [-0.1, -0.05) is 0 Å². The fraction of sp³-hybridized carbons (Fsp3) is 0.714. The van der Waals surface area contributed by atoms with Crippen LogP contribution in [0.1, 0.15) is 26.2 Å². The Bertz CT molecular complexity index is 154. The number of rotatable bonds is 5. The Balaban J connectivity index is 3.40. The Kier molecular flexibility index (Phi) is 4.45. The summed E-state index contributed by atoms with van der Waals surface area (Å²) in [7, 11) is 0. The van der Waals surface area contributed by atoms with Gasteiger partial charge in [-0.2, -0.15) is 0 Å². The number of Topliss-reactive ketones (excluding diaryl/α,β-unsaturated/α-hetero) is 1. The summed E-state index contributed by atoms with van der Waals surface area (Å²) in [5.41, 5.74) is 5.40. The first-order chi connectivity index (χ1) is 5.04. The molecule has 0 aromatic rings. The molecule has 0 rings (SSSR count). The van der Waals surface area contributed by atoms with Crippen molar-refractivity contribution < 1.29 is 14.7 Å². The third kappa shape index (κ3) is 5.54. The molecule has 0 aromatic carbocycles. The van der Waals surface area contributed by atoms with Gasteiger partial charge in [-0.3, -0.25) is 4.79 Å². The standard InChI is InChI=1S/C7H13NO3/c1-5(8)3-2-4-6(9)7(10)11/h5H,2-4,8H2,1H3,(H,10,11). The van der Waals surface area contributed by atoms with Gasteiger partial charge in [0, 0.05) is 12.5 Å². The van der Waals surface area contributed by atoms with Gasteiger partial charge in [0.1, 0.15) is 0 Å². The topological polar surface area (TPSA) is 80.4 Å². The lowest BCUT2D eigenvalue weighted by Crippen LogP contribution is -2.17. The fourth-order valence-electron chi connectivity index (χ4n) is 0.692. The molecule has 0 saturated heterocycles. The van der Waals surface area contributed by atoms with Crippen molar-refractivity contribution in [1.29, 1.82) is 0 Å². The lowest BCUT2D eigenvalue weighted by molar-refractivity contribution is -0.149. The average Bonchev–Trinajstić information content (AvgIpc) is 1.86. The predicted octanol–water partition coefficient (Wildman–Crippen LogP) is 0.158. The molecule has 0 spiro atoms. The highest BCUT2D eigenvalue weighted by atomic mass is 16.4. The van der Waals surface area contributed by atoms with Crippen molar-refractivity contribution in [2.24, 2.45) is 5.73 Å². The van der Waals surface area contributed by atoms with E-state index < -0.39 is 11.8 Å². The van der Waals surface area contributed by atoms with Gasteiger partial charge in [0.15, 0.2) is 0 Å². The van der Waals surface area contributed by atoms with E-state index in [9.17, 15) is 9.59 Å². The summed E-state index contributed by atoms with van der Waals surface area (Å²) in [6.45, 7) is 1.82. The molecule has 1 unspecified atom stereocenters. The minimum absolute atomic E-state index is 0.0385. The molecule has 0 bridgehead atoms. The van der Waals surface area contributed by atoms with Crippen LogP contribution in [0.15, 0.2) is 0 Å². The summed E-state index contributed by atoms with van der Waals surface area (Å²) in [5.74, 6) is -2.08. The van der Waals surface area contributed by atoms with Gasteiger partial charge in [-0.15, -0.1) is 0 Å². The molecule has 0 heterocycles. The molecule has 0 aliphatic heterocycles. The second kappa shape index (κ2) is 4.85. The smallest absolute Gasteiger partial charge is 0.372 e. The average molecular weight is 159 g/mol. The van der Waals surface area contributed by atoms with Crippen LogP contribution in [0.2, 0.25) is 0 Å². The van der Waals surface area contributed by atoms with Gasteiger partial charge >= 0.3 is 5.97 Å². The van der Waals surface area contributed by atoms with E-state index in [1.807, 2.05) is 6.92 Å². The Hall–Kier alpha value is -0.900. The van der Waals surface area contributed by atoms with Crippen molar-refractivity contribution in [1.82, 2.24) is 0 Å². The molecule has 0 aliphatic rings. The number of carbonyl (C=O) groups excluding carboxylic acids is 1. The molecule has 0 fully saturated rings. The lowest BCUT2D eigenvalue weighted by atomic mass is 10.1. The van der Waals surface area contributed by atoms with E-state index in [1.165, 1.54) is 0 Å². The molecule has 0 aromatic heterocycles. The molecule has 0 amide bonds. The van der Waals surface area contributed by atoms with Gasteiger partial charge in [-0.25, -0.2) is 4.79 Å². The molecule has 0 aliphatic carbocycles. The molecular formula is C7H13NO3. The third-order valence-electron chi connectivity index (χ3n) is 1.30. The summed E-state index contributed by atoms with van der Waals surface area (Å²) in [4.78, 5) is 20.5. The van der Waals surface area contributed by atoms with Gasteiger partial charge in [-0.05, 0) is 19.8 Å². The molecule has 0 radical (unpaired) electrons. The second-order valence-electron chi connectivity index (χ2n) is 2.60. The van der Waals surface area contributed by atoms with Crippen molar-refractivity contribution in [3.05, 3.63) is 0 Å².